The number of ether oxygens (including phenoxy) is 1. The largest absolute Gasteiger partial charge is 0.494 e. The molecule has 1 atom stereocenters. The second kappa shape index (κ2) is 8.90. The highest BCUT2D eigenvalue weighted by atomic mass is 35.5. The zero-order chi connectivity index (χ0) is 23.8. The molecule has 0 bridgehead atoms. The third-order valence-corrected chi connectivity index (χ3v) is 6.15. The number of benzene rings is 2. The van der Waals surface area contributed by atoms with E-state index in [0.717, 1.165) is 41.3 Å². The summed E-state index contributed by atoms with van der Waals surface area (Å²) in [4.78, 5) is 13.6. The van der Waals surface area contributed by atoms with Crippen LogP contribution in [-0.2, 0) is 6.42 Å². The Kier molecular flexibility index (Phi) is 5.79. The minimum Gasteiger partial charge on any atom is -0.494 e. The van der Waals surface area contributed by atoms with E-state index in [9.17, 15) is 4.39 Å². The number of rotatable bonds is 6. The Labute approximate surface area is 201 Å². The molecular weight excluding hydrogens is 457 g/mol. The number of halogens is 2. The van der Waals surface area contributed by atoms with Crippen LogP contribution in [0.5, 0.6) is 5.75 Å². The summed E-state index contributed by atoms with van der Waals surface area (Å²) in [5.41, 5.74) is 3.90. The minimum atomic E-state index is -0.326. The van der Waals surface area contributed by atoms with Crippen molar-refractivity contribution in [2.75, 3.05) is 24.8 Å². The predicted octanol–water partition coefficient (Wildman–Crippen LogP) is 5.03. The highest BCUT2D eigenvalue weighted by molar-refractivity contribution is 6.30. The van der Waals surface area contributed by atoms with Gasteiger partial charge in [-0.15, -0.1) is 0 Å². The van der Waals surface area contributed by atoms with Gasteiger partial charge in [0.15, 0.2) is 0 Å². The smallest absolute Gasteiger partial charge is 0.229 e. The van der Waals surface area contributed by atoms with Crippen molar-refractivity contribution < 1.29 is 9.13 Å². The molecule has 1 aliphatic carbocycles. The Hall–Kier alpha value is -3.72. The molecule has 1 unspecified atom stereocenters. The van der Waals surface area contributed by atoms with Crippen molar-refractivity contribution in [3.05, 3.63) is 76.2 Å². The van der Waals surface area contributed by atoms with Crippen LogP contribution in [0.2, 0.25) is 5.02 Å². The van der Waals surface area contributed by atoms with Crippen molar-refractivity contribution in [2.24, 2.45) is 0 Å². The highest BCUT2D eigenvalue weighted by Crippen LogP contribution is 2.41. The summed E-state index contributed by atoms with van der Waals surface area (Å²) in [5.74, 6) is 1.93. The fourth-order valence-corrected chi connectivity index (χ4v) is 4.51. The van der Waals surface area contributed by atoms with Gasteiger partial charge in [-0.1, -0.05) is 17.7 Å². The maximum atomic E-state index is 14.7. The molecule has 2 heterocycles. The van der Waals surface area contributed by atoms with Crippen LogP contribution >= 0.6 is 11.6 Å². The zero-order valence-corrected chi connectivity index (χ0v) is 19.7. The first-order valence-corrected chi connectivity index (χ1v) is 11.2. The monoisotopic (exact) mass is 479 g/mol. The molecule has 0 saturated heterocycles. The molecule has 10 heteroatoms. The quantitative estimate of drug-likeness (QED) is 0.401. The van der Waals surface area contributed by atoms with Crippen LogP contribution in [0.15, 0.2) is 42.7 Å². The van der Waals surface area contributed by atoms with Gasteiger partial charge in [0.05, 0.1) is 12.8 Å². The normalized spacial score (nSPS) is 14.7. The summed E-state index contributed by atoms with van der Waals surface area (Å²) in [6.07, 6.45) is 3.15. The third kappa shape index (κ3) is 4.03. The van der Waals surface area contributed by atoms with Crippen LogP contribution in [-0.4, -0.2) is 38.9 Å². The van der Waals surface area contributed by atoms with Crippen LogP contribution in [0.4, 0.5) is 21.8 Å². The average Bonchev–Trinajstić information content (AvgIpc) is 3.45. The molecular formula is C24H23ClFN7O. The van der Waals surface area contributed by atoms with Crippen molar-refractivity contribution >= 4 is 29.1 Å². The van der Waals surface area contributed by atoms with E-state index in [-0.39, 0.29) is 11.7 Å². The Balaban J connectivity index is 1.50. The molecule has 2 N–H and O–H groups in total. The van der Waals surface area contributed by atoms with E-state index in [4.69, 9.17) is 21.3 Å². The number of aromatic nitrogens is 5. The van der Waals surface area contributed by atoms with E-state index >= 15 is 0 Å². The zero-order valence-electron chi connectivity index (χ0n) is 18.9. The molecule has 0 amide bonds. The number of hydrogen-bond donors (Lipinski definition) is 2. The van der Waals surface area contributed by atoms with Gasteiger partial charge in [0.25, 0.3) is 0 Å². The molecule has 0 radical (unpaired) electrons. The van der Waals surface area contributed by atoms with Gasteiger partial charge in [-0.25, -0.2) is 19.0 Å². The number of anilines is 3. The van der Waals surface area contributed by atoms with E-state index in [1.54, 1.807) is 30.3 Å². The van der Waals surface area contributed by atoms with E-state index in [0.29, 0.717) is 28.1 Å². The Morgan fingerprint density at radius 2 is 2.03 bits per heavy atom. The van der Waals surface area contributed by atoms with Gasteiger partial charge >= 0.3 is 0 Å². The lowest BCUT2D eigenvalue weighted by molar-refractivity contribution is 0.412. The molecule has 0 aliphatic heterocycles. The number of hydrogen-bond acceptors (Lipinski definition) is 7. The van der Waals surface area contributed by atoms with E-state index in [1.165, 1.54) is 6.07 Å². The topological polar surface area (TPSA) is 89.8 Å². The Bertz CT molecular complexity index is 1370. The Morgan fingerprint density at radius 3 is 2.74 bits per heavy atom. The van der Waals surface area contributed by atoms with Gasteiger partial charge in [0.1, 0.15) is 35.2 Å². The van der Waals surface area contributed by atoms with Crippen molar-refractivity contribution in [1.82, 2.24) is 24.7 Å². The number of nitrogens with one attached hydrogen (secondary N) is 2. The molecule has 1 aliphatic rings. The van der Waals surface area contributed by atoms with Crippen LogP contribution < -0.4 is 15.4 Å². The fourth-order valence-electron chi connectivity index (χ4n) is 4.35. The molecule has 34 heavy (non-hydrogen) atoms. The molecule has 0 fully saturated rings. The lowest BCUT2D eigenvalue weighted by atomic mass is 9.96. The molecule has 5 rings (SSSR count). The van der Waals surface area contributed by atoms with E-state index in [2.05, 4.69) is 25.7 Å². The van der Waals surface area contributed by atoms with E-state index in [1.807, 2.05) is 32.2 Å². The van der Waals surface area contributed by atoms with Crippen molar-refractivity contribution in [1.29, 1.82) is 0 Å². The van der Waals surface area contributed by atoms with Crippen LogP contribution in [0.1, 0.15) is 35.0 Å². The van der Waals surface area contributed by atoms with Crippen molar-refractivity contribution in [3.63, 3.8) is 0 Å². The standard InChI is InChI=1S/C24H23ClFN7O/c1-13-28-12-33(32-13)20-9-5-15(11-21(20)34-3)29-24-30-22-17(7-8-18(22)23(27-2)31-24)16-6-4-14(25)10-19(16)26/h4-6,9-12,17H,7-8H2,1-3H3,(H2,27,29,30,31). The SMILES string of the molecule is CNc1nc(Nc2ccc(-n3cnc(C)n3)c(OC)c2)nc2c1CCC2c1ccc(Cl)cc1F. The number of aryl methyl sites for hydroxylation is 1. The van der Waals surface area contributed by atoms with Gasteiger partial charge in [-0.05, 0) is 49.6 Å². The average molecular weight is 480 g/mol. The second-order valence-electron chi connectivity index (χ2n) is 8.01. The fraction of sp³-hybridized carbons (Fsp3) is 0.250. The maximum absolute atomic E-state index is 14.7. The molecule has 0 spiro atoms. The first-order chi connectivity index (χ1) is 16.5. The molecule has 8 nitrogen and oxygen atoms in total. The van der Waals surface area contributed by atoms with E-state index < -0.39 is 0 Å². The predicted molar refractivity (Wildman–Crippen MR) is 129 cm³/mol. The van der Waals surface area contributed by atoms with Crippen LogP contribution in [0.25, 0.3) is 5.69 Å². The first kappa shape index (κ1) is 22.1. The van der Waals surface area contributed by atoms with Crippen molar-refractivity contribution in [2.45, 2.75) is 25.7 Å². The van der Waals surface area contributed by atoms with Gasteiger partial charge in [0, 0.05) is 35.3 Å². The van der Waals surface area contributed by atoms with Gasteiger partial charge in [-0.3, -0.25) is 0 Å². The Morgan fingerprint density at radius 1 is 1.18 bits per heavy atom. The van der Waals surface area contributed by atoms with Crippen molar-refractivity contribution in [3.8, 4) is 11.4 Å². The first-order valence-electron chi connectivity index (χ1n) is 10.8. The lowest BCUT2D eigenvalue weighted by Crippen LogP contribution is -2.09. The van der Waals surface area contributed by atoms with Gasteiger partial charge in [-0.2, -0.15) is 10.1 Å². The number of methoxy groups -OCH3 is 1. The number of fused-ring (bicyclic) bond motifs is 1. The molecule has 2 aromatic carbocycles. The molecule has 0 saturated carbocycles. The summed E-state index contributed by atoms with van der Waals surface area (Å²) in [6, 6.07) is 10.4. The van der Waals surface area contributed by atoms with Gasteiger partial charge < -0.3 is 15.4 Å². The lowest BCUT2D eigenvalue weighted by Gasteiger charge is -2.16. The van der Waals surface area contributed by atoms with Gasteiger partial charge in [0.2, 0.25) is 5.95 Å². The summed E-state index contributed by atoms with van der Waals surface area (Å²) < 4.78 is 21.9. The number of nitrogens with zero attached hydrogens (tertiary/aromatic N) is 5. The molecule has 2 aromatic heterocycles. The summed E-state index contributed by atoms with van der Waals surface area (Å²) in [6.45, 7) is 1.83. The summed E-state index contributed by atoms with van der Waals surface area (Å²) in [5, 5.41) is 11.1. The molecule has 4 aromatic rings. The minimum absolute atomic E-state index is 0.171. The van der Waals surface area contributed by atoms with Crippen LogP contribution in [0.3, 0.4) is 0 Å². The highest BCUT2D eigenvalue weighted by Gasteiger charge is 2.31. The second-order valence-corrected chi connectivity index (χ2v) is 8.45. The summed E-state index contributed by atoms with van der Waals surface area (Å²) in [7, 11) is 3.42. The molecule has 174 valence electrons. The van der Waals surface area contributed by atoms with Crippen LogP contribution in [0, 0.1) is 12.7 Å². The maximum Gasteiger partial charge on any atom is 0.229 e. The third-order valence-electron chi connectivity index (χ3n) is 5.92. The summed E-state index contributed by atoms with van der Waals surface area (Å²) >= 11 is 5.96.